The minimum atomic E-state index is 0.125. The summed E-state index contributed by atoms with van der Waals surface area (Å²) in [7, 11) is 0. The first-order valence-electron chi connectivity index (χ1n) is 2.63. The van der Waals surface area contributed by atoms with Crippen LogP contribution in [0, 0.1) is 0 Å². The summed E-state index contributed by atoms with van der Waals surface area (Å²) in [5.41, 5.74) is 0. The summed E-state index contributed by atoms with van der Waals surface area (Å²) in [4.78, 5) is 10.5. The topological polar surface area (TPSA) is 29.1 Å². The van der Waals surface area contributed by atoms with E-state index in [0.717, 1.165) is 6.42 Å². The highest BCUT2D eigenvalue weighted by Gasteiger charge is 1.93. The zero-order chi connectivity index (χ0) is 6.41. The molecule has 1 N–H and O–H groups in total. The maximum absolute atomic E-state index is 10.5. The minimum absolute atomic E-state index is 0.125. The van der Waals surface area contributed by atoms with Crippen LogP contribution in [0.25, 0.3) is 0 Å². The molecular formula is C5H11NOS. The molecule has 0 aliphatic carbocycles. The molecular weight excluding hydrogens is 122 g/mol. The summed E-state index contributed by atoms with van der Waals surface area (Å²) >= 11 is 1.35. The van der Waals surface area contributed by atoms with Crippen LogP contribution in [0.1, 0.15) is 19.8 Å². The van der Waals surface area contributed by atoms with E-state index in [-0.39, 0.29) is 5.91 Å². The normalized spacial score (nSPS) is 8.75. The Kier molecular flexibility index (Phi) is 4.85. The Morgan fingerprint density at radius 2 is 2.38 bits per heavy atom. The van der Waals surface area contributed by atoms with Gasteiger partial charge < -0.3 is 4.72 Å². The quantitative estimate of drug-likeness (QED) is 0.586. The van der Waals surface area contributed by atoms with Gasteiger partial charge in [-0.2, -0.15) is 0 Å². The molecule has 0 radical (unpaired) electrons. The fraction of sp³-hybridized carbons (Fsp3) is 0.800. The van der Waals surface area contributed by atoms with Crippen molar-refractivity contribution >= 4 is 17.9 Å². The Morgan fingerprint density at radius 1 is 1.75 bits per heavy atom. The smallest absolute Gasteiger partial charge is 0.229 e. The molecule has 0 spiro atoms. The van der Waals surface area contributed by atoms with Gasteiger partial charge in [0.15, 0.2) is 0 Å². The van der Waals surface area contributed by atoms with Crippen LogP contribution in [0.5, 0.6) is 0 Å². The molecule has 0 heterocycles. The molecule has 0 saturated heterocycles. The number of nitrogens with one attached hydrogen (secondary N) is 1. The molecule has 2 nitrogen and oxygen atoms in total. The molecule has 1 amide bonds. The van der Waals surface area contributed by atoms with Crippen molar-refractivity contribution in [2.24, 2.45) is 0 Å². The second-order valence-corrected chi connectivity index (χ2v) is 2.09. The lowest BCUT2D eigenvalue weighted by atomic mass is 10.3. The van der Waals surface area contributed by atoms with E-state index in [1.54, 1.807) is 0 Å². The molecule has 48 valence electrons. The van der Waals surface area contributed by atoms with Crippen LogP contribution >= 0.6 is 11.9 Å². The molecule has 0 aromatic heterocycles. The summed E-state index contributed by atoms with van der Waals surface area (Å²) in [5.74, 6) is 0.125. The van der Waals surface area contributed by atoms with Crippen LogP contribution in [0.15, 0.2) is 0 Å². The third-order valence-corrected chi connectivity index (χ3v) is 1.12. The number of amides is 1. The lowest BCUT2D eigenvalue weighted by Crippen LogP contribution is -2.13. The summed E-state index contributed by atoms with van der Waals surface area (Å²) in [5, 5.41) is 0. The monoisotopic (exact) mass is 133 g/mol. The van der Waals surface area contributed by atoms with Crippen molar-refractivity contribution in [3.05, 3.63) is 0 Å². The highest BCUT2D eigenvalue weighted by atomic mass is 32.2. The lowest BCUT2D eigenvalue weighted by Gasteiger charge is -1.95. The average molecular weight is 133 g/mol. The molecule has 0 aromatic rings. The highest BCUT2D eigenvalue weighted by molar-refractivity contribution is 7.97. The van der Waals surface area contributed by atoms with Crippen LogP contribution in [0.4, 0.5) is 0 Å². The molecule has 3 heteroatoms. The fourth-order valence-corrected chi connectivity index (χ4v) is 0.722. The van der Waals surface area contributed by atoms with Crippen LogP contribution in [-0.2, 0) is 4.79 Å². The maximum atomic E-state index is 10.5. The summed E-state index contributed by atoms with van der Waals surface area (Å²) in [6, 6.07) is 0. The van der Waals surface area contributed by atoms with Gasteiger partial charge in [0.1, 0.15) is 0 Å². The Hall–Kier alpha value is -0.180. The minimum Gasteiger partial charge on any atom is -0.300 e. The van der Waals surface area contributed by atoms with Gasteiger partial charge in [0, 0.05) is 12.7 Å². The predicted molar refractivity (Wildman–Crippen MR) is 36.6 cm³/mol. The first kappa shape index (κ1) is 7.82. The molecule has 8 heavy (non-hydrogen) atoms. The molecule has 0 aromatic carbocycles. The fourth-order valence-electron chi connectivity index (χ4n) is 0.392. The molecule has 0 saturated carbocycles. The van der Waals surface area contributed by atoms with Crippen molar-refractivity contribution in [2.45, 2.75) is 19.8 Å². The van der Waals surface area contributed by atoms with E-state index in [1.165, 1.54) is 11.9 Å². The van der Waals surface area contributed by atoms with E-state index in [4.69, 9.17) is 0 Å². The van der Waals surface area contributed by atoms with E-state index in [0.29, 0.717) is 6.42 Å². The predicted octanol–water partition coefficient (Wildman–Crippen LogP) is 1.18. The van der Waals surface area contributed by atoms with Gasteiger partial charge in [0.25, 0.3) is 0 Å². The van der Waals surface area contributed by atoms with Gasteiger partial charge in [-0.1, -0.05) is 18.9 Å². The van der Waals surface area contributed by atoms with E-state index < -0.39 is 0 Å². The van der Waals surface area contributed by atoms with Crippen molar-refractivity contribution in [3.8, 4) is 0 Å². The standard InChI is InChI=1S/C5H11NOS/c1-3-4-5(7)6-8-2/h3-4H2,1-2H3,(H,6,7). The number of carbonyl (C=O) groups is 1. The molecule has 0 aliphatic rings. The van der Waals surface area contributed by atoms with Gasteiger partial charge in [-0.25, -0.2) is 0 Å². The molecule has 0 aliphatic heterocycles. The van der Waals surface area contributed by atoms with Gasteiger partial charge in [0.2, 0.25) is 5.91 Å². The number of hydrogen-bond donors (Lipinski definition) is 1. The molecule has 0 rings (SSSR count). The molecule has 0 bridgehead atoms. The number of carbonyl (C=O) groups excluding carboxylic acids is 1. The molecule has 0 fully saturated rings. The van der Waals surface area contributed by atoms with Gasteiger partial charge in [-0.15, -0.1) is 0 Å². The SMILES string of the molecule is CCCC(=O)NSC. The second-order valence-electron chi connectivity index (χ2n) is 1.48. The van der Waals surface area contributed by atoms with Crippen molar-refractivity contribution in [1.29, 1.82) is 0 Å². The first-order chi connectivity index (χ1) is 3.81. The summed E-state index contributed by atoms with van der Waals surface area (Å²) in [6.07, 6.45) is 3.40. The zero-order valence-electron chi connectivity index (χ0n) is 5.23. The molecule has 0 unspecified atom stereocenters. The summed E-state index contributed by atoms with van der Waals surface area (Å²) in [6.45, 7) is 1.99. The third kappa shape index (κ3) is 3.99. The van der Waals surface area contributed by atoms with Crippen LogP contribution in [0.2, 0.25) is 0 Å². The van der Waals surface area contributed by atoms with Crippen molar-refractivity contribution in [1.82, 2.24) is 4.72 Å². The van der Waals surface area contributed by atoms with Crippen molar-refractivity contribution < 1.29 is 4.79 Å². The second kappa shape index (κ2) is 4.97. The van der Waals surface area contributed by atoms with Gasteiger partial charge in [0.05, 0.1) is 0 Å². The lowest BCUT2D eigenvalue weighted by molar-refractivity contribution is -0.119. The molecule has 0 atom stereocenters. The third-order valence-electron chi connectivity index (χ3n) is 0.693. The van der Waals surface area contributed by atoms with E-state index in [9.17, 15) is 4.79 Å². The average Bonchev–Trinajstić information content (AvgIpc) is 1.68. The highest BCUT2D eigenvalue weighted by Crippen LogP contribution is 1.89. The Balaban J connectivity index is 3.06. The van der Waals surface area contributed by atoms with Crippen LogP contribution < -0.4 is 4.72 Å². The largest absolute Gasteiger partial charge is 0.300 e. The Labute approximate surface area is 54.2 Å². The maximum Gasteiger partial charge on any atom is 0.229 e. The van der Waals surface area contributed by atoms with Gasteiger partial charge >= 0.3 is 0 Å². The van der Waals surface area contributed by atoms with Crippen LogP contribution in [-0.4, -0.2) is 12.2 Å². The zero-order valence-corrected chi connectivity index (χ0v) is 6.05. The van der Waals surface area contributed by atoms with Gasteiger partial charge in [-0.3, -0.25) is 4.79 Å². The Morgan fingerprint density at radius 3 is 2.75 bits per heavy atom. The van der Waals surface area contributed by atoms with Crippen molar-refractivity contribution in [3.63, 3.8) is 0 Å². The van der Waals surface area contributed by atoms with Crippen LogP contribution in [0.3, 0.4) is 0 Å². The van der Waals surface area contributed by atoms with E-state index in [1.807, 2.05) is 13.2 Å². The Bertz CT molecular complexity index is 66.8. The number of rotatable bonds is 3. The number of hydrogen-bond acceptors (Lipinski definition) is 2. The summed E-state index contributed by atoms with van der Waals surface area (Å²) < 4.78 is 2.62. The van der Waals surface area contributed by atoms with E-state index >= 15 is 0 Å². The van der Waals surface area contributed by atoms with Gasteiger partial charge in [-0.05, 0) is 6.42 Å². The van der Waals surface area contributed by atoms with Crippen molar-refractivity contribution in [2.75, 3.05) is 6.26 Å². The first-order valence-corrected chi connectivity index (χ1v) is 3.85. The van der Waals surface area contributed by atoms with E-state index in [2.05, 4.69) is 4.72 Å².